The lowest BCUT2D eigenvalue weighted by Gasteiger charge is -2.30. The number of hydrogen-bond donors (Lipinski definition) is 1. The second-order valence-electron chi connectivity index (χ2n) is 5.94. The van der Waals surface area contributed by atoms with Crippen molar-refractivity contribution >= 4 is 5.96 Å². The molecule has 0 rings (SSSR count). The van der Waals surface area contributed by atoms with Gasteiger partial charge < -0.3 is 10.2 Å². The standard InChI is InChI=1S/C16H36N4/c1-8-10-12-19(7)16(17-9-2)18-11-13-20(14(3)4)15(5)6/h14-15H,8-13H2,1-7H3,(H,17,18). The van der Waals surface area contributed by atoms with Crippen LogP contribution in [0.15, 0.2) is 4.99 Å². The van der Waals surface area contributed by atoms with Crippen molar-refractivity contribution in [3.63, 3.8) is 0 Å². The van der Waals surface area contributed by atoms with Crippen LogP contribution in [0.1, 0.15) is 54.4 Å². The highest BCUT2D eigenvalue weighted by atomic mass is 15.3. The first-order chi connectivity index (χ1) is 9.43. The zero-order chi connectivity index (χ0) is 15.5. The third-order valence-electron chi connectivity index (χ3n) is 3.49. The van der Waals surface area contributed by atoms with Crippen LogP contribution in [0.25, 0.3) is 0 Å². The average Bonchev–Trinajstić information content (AvgIpc) is 2.38. The Morgan fingerprint density at radius 3 is 2.10 bits per heavy atom. The number of nitrogens with one attached hydrogen (secondary N) is 1. The second kappa shape index (κ2) is 11.0. The molecule has 0 aliphatic rings. The molecule has 0 aliphatic carbocycles. The first kappa shape index (κ1) is 19.2. The van der Waals surface area contributed by atoms with E-state index in [4.69, 9.17) is 4.99 Å². The predicted molar refractivity (Wildman–Crippen MR) is 90.5 cm³/mol. The normalized spacial score (nSPS) is 12.6. The number of unbranched alkanes of at least 4 members (excludes halogenated alkanes) is 1. The van der Waals surface area contributed by atoms with Gasteiger partial charge in [0.25, 0.3) is 0 Å². The van der Waals surface area contributed by atoms with E-state index in [1.54, 1.807) is 0 Å². The van der Waals surface area contributed by atoms with Gasteiger partial charge in [0, 0.05) is 38.8 Å². The minimum absolute atomic E-state index is 0.575. The van der Waals surface area contributed by atoms with Gasteiger partial charge in [-0.3, -0.25) is 9.89 Å². The van der Waals surface area contributed by atoms with Gasteiger partial charge in [-0.2, -0.15) is 0 Å². The molecule has 0 aromatic carbocycles. The Kier molecular flexibility index (Phi) is 10.5. The van der Waals surface area contributed by atoms with Gasteiger partial charge in [0.15, 0.2) is 5.96 Å². The zero-order valence-corrected chi connectivity index (χ0v) is 14.7. The number of nitrogens with zero attached hydrogens (tertiary/aromatic N) is 3. The maximum absolute atomic E-state index is 4.76. The molecule has 0 atom stereocenters. The topological polar surface area (TPSA) is 30.9 Å². The van der Waals surface area contributed by atoms with Crippen LogP contribution in [0.4, 0.5) is 0 Å². The van der Waals surface area contributed by atoms with Crippen LogP contribution in [0.5, 0.6) is 0 Å². The van der Waals surface area contributed by atoms with Gasteiger partial charge in [-0.05, 0) is 41.0 Å². The molecule has 0 spiro atoms. The van der Waals surface area contributed by atoms with Crippen LogP contribution in [-0.4, -0.2) is 61.1 Å². The molecule has 0 saturated heterocycles. The van der Waals surface area contributed by atoms with Crippen LogP contribution in [0.2, 0.25) is 0 Å². The van der Waals surface area contributed by atoms with Crippen molar-refractivity contribution in [2.24, 2.45) is 4.99 Å². The Morgan fingerprint density at radius 2 is 1.65 bits per heavy atom. The van der Waals surface area contributed by atoms with E-state index < -0.39 is 0 Å². The van der Waals surface area contributed by atoms with Crippen molar-refractivity contribution in [3.8, 4) is 0 Å². The van der Waals surface area contributed by atoms with E-state index >= 15 is 0 Å². The predicted octanol–water partition coefficient (Wildman–Crippen LogP) is 2.80. The molecule has 0 aromatic rings. The quantitative estimate of drug-likeness (QED) is 0.522. The SMILES string of the molecule is CCCCN(C)C(=NCCN(C(C)C)C(C)C)NCC. The summed E-state index contributed by atoms with van der Waals surface area (Å²) in [5.41, 5.74) is 0. The van der Waals surface area contributed by atoms with E-state index in [1.807, 2.05) is 0 Å². The third-order valence-corrected chi connectivity index (χ3v) is 3.49. The molecule has 0 saturated carbocycles. The highest BCUT2D eigenvalue weighted by Gasteiger charge is 2.12. The Labute approximate surface area is 126 Å². The Bertz CT molecular complexity index is 253. The molecule has 0 bridgehead atoms. The van der Waals surface area contributed by atoms with Gasteiger partial charge in [-0.15, -0.1) is 0 Å². The van der Waals surface area contributed by atoms with E-state index in [9.17, 15) is 0 Å². The van der Waals surface area contributed by atoms with E-state index in [2.05, 4.69) is 63.7 Å². The minimum Gasteiger partial charge on any atom is -0.357 e. The highest BCUT2D eigenvalue weighted by Crippen LogP contribution is 2.04. The summed E-state index contributed by atoms with van der Waals surface area (Å²) in [6.07, 6.45) is 2.43. The molecule has 20 heavy (non-hydrogen) atoms. The molecule has 0 aliphatic heterocycles. The van der Waals surface area contributed by atoms with Crippen molar-refractivity contribution < 1.29 is 0 Å². The average molecular weight is 284 g/mol. The lowest BCUT2D eigenvalue weighted by atomic mass is 10.2. The number of rotatable bonds is 9. The minimum atomic E-state index is 0.575. The van der Waals surface area contributed by atoms with E-state index in [-0.39, 0.29) is 0 Å². The number of guanidine groups is 1. The van der Waals surface area contributed by atoms with Gasteiger partial charge >= 0.3 is 0 Å². The molecular weight excluding hydrogens is 248 g/mol. The Balaban J connectivity index is 4.45. The highest BCUT2D eigenvalue weighted by molar-refractivity contribution is 5.79. The van der Waals surface area contributed by atoms with E-state index in [0.29, 0.717) is 12.1 Å². The first-order valence-electron chi connectivity index (χ1n) is 8.19. The van der Waals surface area contributed by atoms with Gasteiger partial charge in [0.05, 0.1) is 6.54 Å². The van der Waals surface area contributed by atoms with Crippen LogP contribution in [0, 0.1) is 0 Å². The zero-order valence-electron chi connectivity index (χ0n) is 14.7. The van der Waals surface area contributed by atoms with E-state index in [0.717, 1.165) is 32.1 Å². The fourth-order valence-corrected chi connectivity index (χ4v) is 2.35. The fourth-order valence-electron chi connectivity index (χ4n) is 2.35. The van der Waals surface area contributed by atoms with Crippen LogP contribution in [0.3, 0.4) is 0 Å². The molecule has 0 amide bonds. The smallest absolute Gasteiger partial charge is 0.193 e. The Morgan fingerprint density at radius 1 is 1.05 bits per heavy atom. The van der Waals surface area contributed by atoms with Gasteiger partial charge in [0.1, 0.15) is 0 Å². The molecular formula is C16H36N4. The summed E-state index contributed by atoms with van der Waals surface area (Å²) in [5, 5.41) is 3.38. The summed E-state index contributed by atoms with van der Waals surface area (Å²) in [6.45, 7) is 17.2. The molecule has 1 N–H and O–H groups in total. The largest absolute Gasteiger partial charge is 0.357 e. The summed E-state index contributed by atoms with van der Waals surface area (Å²) in [7, 11) is 2.12. The van der Waals surface area contributed by atoms with E-state index in [1.165, 1.54) is 12.8 Å². The third kappa shape index (κ3) is 7.73. The Hall–Kier alpha value is -0.770. The molecule has 0 aromatic heterocycles. The summed E-state index contributed by atoms with van der Waals surface area (Å²) in [4.78, 5) is 9.48. The van der Waals surface area contributed by atoms with Crippen molar-refractivity contribution in [2.45, 2.75) is 66.5 Å². The van der Waals surface area contributed by atoms with Gasteiger partial charge in [-0.1, -0.05) is 13.3 Å². The number of aliphatic imine (C=N–C) groups is 1. The molecule has 0 radical (unpaired) electrons. The summed E-state index contributed by atoms with van der Waals surface area (Å²) >= 11 is 0. The molecule has 0 fully saturated rings. The summed E-state index contributed by atoms with van der Waals surface area (Å²) in [5.74, 6) is 1.04. The van der Waals surface area contributed by atoms with Crippen molar-refractivity contribution in [3.05, 3.63) is 0 Å². The van der Waals surface area contributed by atoms with Crippen LogP contribution >= 0.6 is 0 Å². The molecule has 0 unspecified atom stereocenters. The molecule has 4 nitrogen and oxygen atoms in total. The van der Waals surface area contributed by atoms with Gasteiger partial charge in [0.2, 0.25) is 0 Å². The number of hydrogen-bond acceptors (Lipinski definition) is 2. The summed E-state index contributed by atoms with van der Waals surface area (Å²) < 4.78 is 0. The van der Waals surface area contributed by atoms with Crippen LogP contribution in [-0.2, 0) is 0 Å². The lowest BCUT2D eigenvalue weighted by molar-refractivity contribution is 0.180. The van der Waals surface area contributed by atoms with Crippen molar-refractivity contribution in [1.29, 1.82) is 0 Å². The fraction of sp³-hybridized carbons (Fsp3) is 0.938. The second-order valence-corrected chi connectivity index (χ2v) is 5.94. The molecule has 4 heteroatoms. The lowest BCUT2D eigenvalue weighted by Crippen LogP contribution is -2.41. The molecule has 120 valence electrons. The van der Waals surface area contributed by atoms with Crippen LogP contribution < -0.4 is 5.32 Å². The maximum Gasteiger partial charge on any atom is 0.193 e. The van der Waals surface area contributed by atoms with Crippen molar-refractivity contribution in [2.75, 3.05) is 33.2 Å². The van der Waals surface area contributed by atoms with Gasteiger partial charge in [-0.25, -0.2) is 0 Å². The monoisotopic (exact) mass is 284 g/mol. The first-order valence-corrected chi connectivity index (χ1v) is 8.19. The summed E-state index contributed by atoms with van der Waals surface area (Å²) in [6, 6.07) is 1.15. The maximum atomic E-state index is 4.76. The molecule has 0 heterocycles. The van der Waals surface area contributed by atoms with Crippen molar-refractivity contribution in [1.82, 2.24) is 15.1 Å².